The zero-order valence-corrected chi connectivity index (χ0v) is 18.5. The van der Waals surface area contributed by atoms with Gasteiger partial charge in [-0.3, -0.25) is 9.36 Å². The number of carbonyl (C=O) groups excluding carboxylic acids is 1. The molecule has 0 N–H and O–H groups in total. The fraction of sp³-hybridized carbons (Fsp3) is 0.125. The SMILES string of the molecule is COC(=O)C1=C(C)N=c2s/c(=C/C=C/c3ccccc3)c(=O)n2C1c1ccccc1Cl. The summed E-state index contributed by atoms with van der Waals surface area (Å²) >= 11 is 7.73. The Hall–Kier alpha value is -3.22. The van der Waals surface area contributed by atoms with Crippen molar-refractivity contribution < 1.29 is 9.53 Å². The van der Waals surface area contributed by atoms with Crippen LogP contribution in [0.2, 0.25) is 5.02 Å². The number of halogens is 1. The molecule has 3 aromatic rings. The van der Waals surface area contributed by atoms with Gasteiger partial charge < -0.3 is 4.74 Å². The van der Waals surface area contributed by atoms with Crippen LogP contribution < -0.4 is 14.9 Å². The smallest absolute Gasteiger partial charge is 0.338 e. The highest BCUT2D eigenvalue weighted by Crippen LogP contribution is 2.34. The highest BCUT2D eigenvalue weighted by molar-refractivity contribution is 7.07. The third-order valence-electron chi connectivity index (χ3n) is 4.96. The molecule has 0 saturated carbocycles. The van der Waals surface area contributed by atoms with Crippen molar-refractivity contribution in [2.75, 3.05) is 7.11 Å². The number of carbonyl (C=O) groups is 1. The second kappa shape index (κ2) is 8.88. The first-order valence-electron chi connectivity index (χ1n) is 9.58. The highest BCUT2D eigenvalue weighted by Gasteiger charge is 2.34. The van der Waals surface area contributed by atoms with Gasteiger partial charge in [0.05, 0.1) is 22.9 Å². The van der Waals surface area contributed by atoms with E-state index >= 15 is 0 Å². The third-order valence-corrected chi connectivity index (χ3v) is 6.31. The lowest BCUT2D eigenvalue weighted by Crippen LogP contribution is -2.39. The summed E-state index contributed by atoms with van der Waals surface area (Å²) in [6.45, 7) is 1.74. The molecular weight excluding hydrogens is 432 g/mol. The van der Waals surface area contributed by atoms with E-state index in [1.807, 2.05) is 48.6 Å². The lowest BCUT2D eigenvalue weighted by atomic mass is 9.96. The molecule has 156 valence electrons. The number of rotatable bonds is 4. The Labute approximate surface area is 187 Å². The number of methoxy groups -OCH3 is 1. The molecule has 7 heteroatoms. The van der Waals surface area contributed by atoms with Crippen LogP contribution in [0.25, 0.3) is 12.2 Å². The van der Waals surface area contributed by atoms with Crippen molar-refractivity contribution in [3.63, 3.8) is 0 Å². The number of allylic oxidation sites excluding steroid dienone is 2. The molecule has 0 saturated heterocycles. The van der Waals surface area contributed by atoms with Crippen LogP contribution in [0, 0.1) is 0 Å². The largest absolute Gasteiger partial charge is 0.466 e. The number of esters is 1. The predicted molar refractivity (Wildman–Crippen MR) is 124 cm³/mol. The number of nitrogens with zero attached hydrogens (tertiary/aromatic N) is 2. The van der Waals surface area contributed by atoms with Gasteiger partial charge in [0.25, 0.3) is 5.56 Å². The zero-order valence-electron chi connectivity index (χ0n) is 16.9. The van der Waals surface area contributed by atoms with Gasteiger partial charge in [0.15, 0.2) is 4.80 Å². The van der Waals surface area contributed by atoms with Crippen LogP contribution in [0.5, 0.6) is 0 Å². The number of ether oxygens (including phenoxy) is 1. The molecule has 0 amide bonds. The van der Waals surface area contributed by atoms with E-state index in [1.54, 1.807) is 31.2 Å². The lowest BCUT2D eigenvalue weighted by Gasteiger charge is -2.25. The first kappa shape index (κ1) is 21.0. The van der Waals surface area contributed by atoms with E-state index in [-0.39, 0.29) is 5.56 Å². The number of aromatic nitrogens is 1. The summed E-state index contributed by atoms with van der Waals surface area (Å²) in [7, 11) is 1.31. The molecule has 2 heterocycles. The van der Waals surface area contributed by atoms with Crippen molar-refractivity contribution >= 4 is 41.1 Å². The summed E-state index contributed by atoms with van der Waals surface area (Å²) in [5.41, 5.74) is 2.25. The molecule has 0 aliphatic carbocycles. The minimum atomic E-state index is -0.711. The molecule has 31 heavy (non-hydrogen) atoms. The average Bonchev–Trinajstić information content (AvgIpc) is 3.08. The van der Waals surface area contributed by atoms with Gasteiger partial charge in [-0.1, -0.05) is 83.6 Å². The standard InChI is InChI=1S/C24H19ClN2O3S/c1-15-20(23(29)30-2)21(17-12-6-7-13-18(17)25)27-22(28)19(31-24(27)26-15)14-8-11-16-9-4-3-5-10-16/h3-14,21H,1-2H3/b11-8+,19-14+. The molecule has 0 bridgehead atoms. The molecule has 1 aromatic heterocycles. The van der Waals surface area contributed by atoms with Crippen molar-refractivity contribution in [1.29, 1.82) is 0 Å². The molecular formula is C24H19ClN2O3S. The molecule has 1 aliphatic rings. The Morgan fingerprint density at radius 1 is 1.16 bits per heavy atom. The van der Waals surface area contributed by atoms with Crippen LogP contribution >= 0.6 is 22.9 Å². The highest BCUT2D eigenvalue weighted by atomic mass is 35.5. The molecule has 0 fully saturated rings. The number of hydrogen-bond acceptors (Lipinski definition) is 5. The Bertz CT molecular complexity index is 1380. The van der Waals surface area contributed by atoms with E-state index in [0.717, 1.165) is 5.56 Å². The Kier molecular flexibility index (Phi) is 6.02. The Balaban J connectivity index is 1.90. The maximum atomic E-state index is 13.3. The third kappa shape index (κ3) is 4.04. The van der Waals surface area contributed by atoms with Crippen molar-refractivity contribution in [1.82, 2.24) is 4.57 Å². The average molecular weight is 451 g/mol. The summed E-state index contributed by atoms with van der Waals surface area (Å²) in [4.78, 5) is 31.0. The van der Waals surface area contributed by atoms with Crippen LogP contribution in [-0.4, -0.2) is 17.6 Å². The second-order valence-electron chi connectivity index (χ2n) is 6.89. The van der Waals surface area contributed by atoms with Crippen LogP contribution in [0.4, 0.5) is 0 Å². The molecule has 5 nitrogen and oxygen atoms in total. The number of fused-ring (bicyclic) bond motifs is 1. The van der Waals surface area contributed by atoms with E-state index in [0.29, 0.717) is 31.2 Å². The van der Waals surface area contributed by atoms with Gasteiger partial charge in [-0.25, -0.2) is 9.79 Å². The number of benzene rings is 2. The zero-order chi connectivity index (χ0) is 22.0. The van der Waals surface area contributed by atoms with Crippen molar-refractivity contribution in [2.24, 2.45) is 4.99 Å². The first-order valence-corrected chi connectivity index (χ1v) is 10.8. The molecule has 1 unspecified atom stereocenters. The van der Waals surface area contributed by atoms with Gasteiger partial charge in [0, 0.05) is 5.02 Å². The maximum Gasteiger partial charge on any atom is 0.338 e. The summed E-state index contributed by atoms with van der Waals surface area (Å²) in [6, 6.07) is 16.3. The van der Waals surface area contributed by atoms with Crippen LogP contribution in [0.15, 0.2) is 81.7 Å². The van der Waals surface area contributed by atoms with Crippen molar-refractivity contribution in [3.05, 3.63) is 108 Å². The van der Waals surface area contributed by atoms with E-state index in [1.165, 1.54) is 23.0 Å². The predicted octanol–water partition coefficient (Wildman–Crippen LogP) is 3.73. The topological polar surface area (TPSA) is 60.7 Å². The fourth-order valence-electron chi connectivity index (χ4n) is 3.51. The molecule has 0 radical (unpaired) electrons. The molecule has 4 rings (SSSR count). The lowest BCUT2D eigenvalue weighted by molar-refractivity contribution is -0.136. The normalized spacial score (nSPS) is 16.4. The molecule has 0 spiro atoms. The summed E-state index contributed by atoms with van der Waals surface area (Å²) in [6.07, 6.45) is 5.52. The minimum Gasteiger partial charge on any atom is -0.466 e. The molecule has 2 aromatic carbocycles. The summed E-state index contributed by atoms with van der Waals surface area (Å²) < 4.78 is 7.03. The van der Waals surface area contributed by atoms with Gasteiger partial charge >= 0.3 is 5.97 Å². The van der Waals surface area contributed by atoms with E-state index in [4.69, 9.17) is 16.3 Å². The van der Waals surface area contributed by atoms with Gasteiger partial charge in [-0.05, 0) is 30.2 Å². The van der Waals surface area contributed by atoms with Crippen LogP contribution in [0.3, 0.4) is 0 Å². The van der Waals surface area contributed by atoms with Crippen molar-refractivity contribution in [2.45, 2.75) is 13.0 Å². The van der Waals surface area contributed by atoms with Crippen LogP contribution in [0.1, 0.15) is 24.1 Å². The number of thiazole rings is 1. The molecule has 1 atom stereocenters. The monoisotopic (exact) mass is 450 g/mol. The van der Waals surface area contributed by atoms with Gasteiger partial charge in [-0.15, -0.1) is 0 Å². The van der Waals surface area contributed by atoms with Gasteiger partial charge in [0.2, 0.25) is 0 Å². The number of hydrogen-bond donors (Lipinski definition) is 0. The first-order chi connectivity index (χ1) is 15.0. The van der Waals surface area contributed by atoms with E-state index in [9.17, 15) is 9.59 Å². The van der Waals surface area contributed by atoms with Crippen molar-refractivity contribution in [3.8, 4) is 0 Å². The maximum absolute atomic E-state index is 13.3. The Morgan fingerprint density at radius 3 is 2.58 bits per heavy atom. The van der Waals surface area contributed by atoms with Gasteiger partial charge in [0.1, 0.15) is 6.04 Å². The molecule has 1 aliphatic heterocycles. The Morgan fingerprint density at radius 2 is 1.87 bits per heavy atom. The van der Waals surface area contributed by atoms with E-state index in [2.05, 4.69) is 4.99 Å². The fourth-order valence-corrected chi connectivity index (χ4v) is 4.75. The minimum absolute atomic E-state index is 0.236. The van der Waals surface area contributed by atoms with Crippen LogP contribution in [-0.2, 0) is 9.53 Å². The summed E-state index contributed by atoms with van der Waals surface area (Å²) in [5.74, 6) is -0.538. The second-order valence-corrected chi connectivity index (χ2v) is 8.30. The quantitative estimate of drug-likeness (QED) is 0.569. The summed E-state index contributed by atoms with van der Waals surface area (Å²) in [5, 5.41) is 0.460. The van der Waals surface area contributed by atoms with E-state index < -0.39 is 12.0 Å². The van der Waals surface area contributed by atoms with Gasteiger partial charge in [-0.2, -0.15) is 0 Å².